The molecule has 0 spiro atoms. The van der Waals surface area contributed by atoms with Gasteiger partial charge in [0, 0.05) is 78.9 Å². The Labute approximate surface area is 520 Å². The average Bonchev–Trinajstić information content (AvgIpc) is 3.50. The second kappa shape index (κ2) is 65.1. The lowest BCUT2D eigenvalue weighted by molar-refractivity contribution is -0.148. The molecular weight excluding hydrogens is 1050 g/mol. The summed E-state index contributed by atoms with van der Waals surface area (Å²) >= 11 is 0. The number of amides is 2. The van der Waals surface area contributed by atoms with Gasteiger partial charge in [0.05, 0.1) is 32.4 Å². The molecule has 0 aromatic carbocycles. The highest BCUT2D eigenvalue weighted by atomic mass is 16.5. The number of unbranched alkanes of at least 4 members (excludes halogenated alkanes) is 38. The lowest BCUT2D eigenvalue weighted by atomic mass is 10.0. The van der Waals surface area contributed by atoms with E-state index in [0.29, 0.717) is 58.8 Å². The van der Waals surface area contributed by atoms with E-state index in [2.05, 4.69) is 60.1 Å². The zero-order valence-electron chi connectivity index (χ0n) is 56.9. The fourth-order valence-corrected chi connectivity index (χ4v) is 11.2. The third kappa shape index (κ3) is 60.0. The Kier molecular flexibility index (Phi) is 63.3. The predicted molar refractivity (Wildman–Crippen MR) is 357 cm³/mol. The van der Waals surface area contributed by atoms with Crippen molar-refractivity contribution in [1.29, 1.82) is 0 Å². The molecule has 0 saturated heterocycles. The van der Waals surface area contributed by atoms with Crippen molar-refractivity contribution in [3.8, 4) is 0 Å². The Balaban J connectivity index is 4.84. The molecule has 0 aromatic rings. The number of hydrogen-bond donors (Lipinski definition) is 2. The molecule has 13 nitrogen and oxygen atoms in total. The number of hydrogen-bond acceptors (Lipinski definition) is 11. The van der Waals surface area contributed by atoms with Crippen molar-refractivity contribution in [3.05, 3.63) is 0 Å². The van der Waals surface area contributed by atoms with E-state index < -0.39 is 0 Å². The van der Waals surface area contributed by atoms with Gasteiger partial charge in [-0.05, 0) is 46.3 Å². The van der Waals surface area contributed by atoms with Crippen molar-refractivity contribution in [2.45, 2.75) is 323 Å². The predicted octanol–water partition coefficient (Wildman–Crippen LogP) is 16.4. The van der Waals surface area contributed by atoms with Crippen LogP contribution in [-0.2, 0) is 33.4 Å². The number of likely N-dealkylation sites (N-methyl/N-ethyl adjacent to an activating group) is 2. The van der Waals surface area contributed by atoms with Crippen molar-refractivity contribution in [3.63, 3.8) is 0 Å². The van der Waals surface area contributed by atoms with Gasteiger partial charge < -0.3 is 34.6 Å². The van der Waals surface area contributed by atoms with E-state index in [0.717, 1.165) is 77.7 Å². The number of nitrogens with one attached hydrogen (secondary N) is 2. The molecule has 2 amide bonds. The average molecular weight is 1190 g/mol. The van der Waals surface area contributed by atoms with Crippen molar-refractivity contribution in [1.82, 2.24) is 30.2 Å². The summed E-state index contributed by atoms with van der Waals surface area (Å²) in [5, 5.41) is 6.23. The standard InChI is InChI=1S/C71H142N6O7/c1-8-12-16-20-24-28-32-33-35-39-43-47-55-76(64-67(82-7)50-46-42-38-34-29-25-21-17-13-9-2)58-53-72-68(78)51-56-74(5)60-61-75(6)57-52-69(79)73-54-59-77(65-70(80)83-62-48-44-40-36-30-26-22-18-14-10-3)66-71(81)84-63-49-45-41-37-31-27-23-19-15-11-4/h67H,8-66H2,1-7H3,(H,72,78)(H,73,79). The minimum Gasteiger partial charge on any atom is -0.465 e. The summed E-state index contributed by atoms with van der Waals surface area (Å²) in [6.07, 6.45) is 55.9. The summed E-state index contributed by atoms with van der Waals surface area (Å²) in [5.74, 6) is -0.685. The van der Waals surface area contributed by atoms with Gasteiger partial charge in [0.2, 0.25) is 11.8 Å². The van der Waals surface area contributed by atoms with Gasteiger partial charge in [-0.15, -0.1) is 0 Å². The minimum atomic E-state index is -0.352. The Morgan fingerprint density at radius 3 is 0.976 bits per heavy atom. The van der Waals surface area contributed by atoms with E-state index in [1.54, 1.807) is 4.90 Å². The maximum atomic E-state index is 13.1. The Morgan fingerprint density at radius 2 is 0.643 bits per heavy atom. The number of ether oxygens (including phenoxy) is 3. The quantitative estimate of drug-likeness (QED) is 0.0445. The van der Waals surface area contributed by atoms with E-state index in [1.165, 1.54) is 231 Å². The first-order valence-corrected chi connectivity index (χ1v) is 36.3. The van der Waals surface area contributed by atoms with Crippen LogP contribution in [0.1, 0.15) is 317 Å². The van der Waals surface area contributed by atoms with Crippen LogP contribution in [0.25, 0.3) is 0 Å². The maximum Gasteiger partial charge on any atom is 0.320 e. The number of carbonyl (C=O) groups excluding carboxylic acids is 4. The first kappa shape index (κ1) is 81.7. The van der Waals surface area contributed by atoms with E-state index in [1.807, 2.05) is 14.2 Å². The maximum absolute atomic E-state index is 13.1. The van der Waals surface area contributed by atoms with Gasteiger partial charge in [0.1, 0.15) is 0 Å². The van der Waals surface area contributed by atoms with Gasteiger partial charge in [-0.3, -0.25) is 29.0 Å². The molecule has 84 heavy (non-hydrogen) atoms. The molecule has 0 aliphatic carbocycles. The van der Waals surface area contributed by atoms with Crippen LogP contribution in [0.2, 0.25) is 0 Å². The second-order valence-electron chi connectivity index (χ2n) is 25.3. The Hall–Kier alpha value is -2.32. The molecule has 0 aliphatic heterocycles. The van der Waals surface area contributed by atoms with Crippen LogP contribution >= 0.6 is 0 Å². The molecule has 498 valence electrons. The molecule has 0 aliphatic rings. The van der Waals surface area contributed by atoms with Gasteiger partial charge in [0.25, 0.3) is 0 Å². The first-order chi connectivity index (χ1) is 41.1. The zero-order valence-corrected chi connectivity index (χ0v) is 56.9. The van der Waals surface area contributed by atoms with Crippen molar-refractivity contribution in [2.75, 3.05) is 113 Å². The summed E-state index contributed by atoms with van der Waals surface area (Å²) in [7, 11) is 5.95. The van der Waals surface area contributed by atoms with Crippen LogP contribution in [0.5, 0.6) is 0 Å². The number of esters is 2. The number of nitrogens with zero attached hydrogens (tertiary/aromatic N) is 4. The van der Waals surface area contributed by atoms with Gasteiger partial charge in [0.15, 0.2) is 0 Å². The summed E-state index contributed by atoms with van der Waals surface area (Å²) in [6, 6.07) is 0. The highest BCUT2D eigenvalue weighted by Crippen LogP contribution is 2.17. The fourth-order valence-electron chi connectivity index (χ4n) is 11.2. The minimum absolute atomic E-state index is 0.0220. The molecule has 1 unspecified atom stereocenters. The lowest BCUT2D eigenvalue weighted by Crippen LogP contribution is -2.42. The van der Waals surface area contributed by atoms with E-state index in [-0.39, 0.29) is 42.9 Å². The molecule has 0 heterocycles. The van der Waals surface area contributed by atoms with Crippen LogP contribution in [0.4, 0.5) is 0 Å². The SMILES string of the molecule is CCCCCCCCCCCCCCN(CCNC(=O)CCN(C)CCN(C)CCC(=O)NCCN(CC(=O)OCCCCCCCCCCCC)CC(=O)OCCCCCCCCCCCC)CC(CCCCCCCCCCCC)OC. The molecule has 1 atom stereocenters. The number of rotatable bonds is 68. The molecule has 0 radical (unpaired) electrons. The normalized spacial score (nSPS) is 12.1. The molecule has 0 bridgehead atoms. The highest BCUT2D eigenvalue weighted by Gasteiger charge is 2.18. The largest absolute Gasteiger partial charge is 0.465 e. The summed E-state index contributed by atoms with van der Waals surface area (Å²) in [4.78, 5) is 60.6. The Morgan fingerprint density at radius 1 is 0.345 bits per heavy atom. The van der Waals surface area contributed by atoms with Gasteiger partial charge in [-0.25, -0.2) is 0 Å². The van der Waals surface area contributed by atoms with E-state index in [4.69, 9.17) is 14.2 Å². The first-order valence-electron chi connectivity index (χ1n) is 36.3. The van der Waals surface area contributed by atoms with Gasteiger partial charge in [-0.2, -0.15) is 0 Å². The zero-order chi connectivity index (χ0) is 61.5. The smallest absolute Gasteiger partial charge is 0.320 e. The molecule has 0 saturated carbocycles. The number of carbonyl (C=O) groups is 4. The van der Waals surface area contributed by atoms with Crippen LogP contribution in [-0.4, -0.2) is 162 Å². The second-order valence-corrected chi connectivity index (χ2v) is 25.3. The molecule has 0 aromatic heterocycles. The summed E-state index contributed by atoms with van der Waals surface area (Å²) < 4.78 is 17.2. The topological polar surface area (TPSA) is 133 Å². The molecule has 0 rings (SSSR count). The molecule has 13 heteroatoms. The van der Waals surface area contributed by atoms with Gasteiger partial charge >= 0.3 is 11.9 Å². The Bertz CT molecular complexity index is 1390. The molecular formula is C71H142N6O7. The van der Waals surface area contributed by atoms with Crippen molar-refractivity contribution in [2.24, 2.45) is 0 Å². The van der Waals surface area contributed by atoms with Crippen LogP contribution in [0.15, 0.2) is 0 Å². The molecule has 0 fully saturated rings. The van der Waals surface area contributed by atoms with E-state index in [9.17, 15) is 19.2 Å². The molecule has 2 N–H and O–H groups in total. The van der Waals surface area contributed by atoms with Crippen LogP contribution in [0.3, 0.4) is 0 Å². The summed E-state index contributed by atoms with van der Waals surface area (Å²) in [6.45, 7) is 16.7. The lowest BCUT2D eigenvalue weighted by Gasteiger charge is -2.27. The van der Waals surface area contributed by atoms with Gasteiger partial charge in [-0.1, -0.05) is 278 Å². The third-order valence-corrected chi connectivity index (χ3v) is 17.0. The monoisotopic (exact) mass is 1190 g/mol. The third-order valence-electron chi connectivity index (χ3n) is 17.0. The number of methoxy groups -OCH3 is 1. The van der Waals surface area contributed by atoms with Crippen LogP contribution in [0, 0.1) is 0 Å². The summed E-state index contributed by atoms with van der Waals surface area (Å²) in [5.41, 5.74) is 0. The fraction of sp³-hybridized carbons (Fsp3) is 0.944. The van der Waals surface area contributed by atoms with E-state index >= 15 is 0 Å². The van der Waals surface area contributed by atoms with Crippen molar-refractivity contribution < 1.29 is 33.4 Å². The highest BCUT2D eigenvalue weighted by molar-refractivity contribution is 5.77. The van der Waals surface area contributed by atoms with Crippen LogP contribution < -0.4 is 10.6 Å². The van der Waals surface area contributed by atoms with Crippen molar-refractivity contribution >= 4 is 23.8 Å².